The van der Waals surface area contributed by atoms with E-state index in [1.54, 1.807) is 65.5 Å². The fraction of sp³-hybridized carbons (Fsp3) is 0.542. The average Bonchev–Trinajstić information content (AvgIpc) is 1.63. The van der Waals surface area contributed by atoms with Gasteiger partial charge in [0.15, 0.2) is 18.7 Å². The quantitative estimate of drug-likeness (QED) is 0.0114. The SMILES string of the molecule is C=C1N=C(N)C(C#CC)=CN1[C@@H]1O[C@H](CCP(=C)(C)C)[C@@H](O)[C@H]1O.C=P(C)(C)CC[C@H]1O[C@@H](n2ccc(N)nc2=NCCCCC(C)C(=O)O)[C@H](O)[C@@H]1O.C=P(C)(C)CC[C@H]1O[C@@H](n2ccc(N)nc2=NCCCCC(C)C(=O)OC(=O)OCC2c3ccccc3-c3ccccc32)[C@H](O)[C@@H]1O. The van der Waals surface area contributed by atoms with Crippen LogP contribution in [0.15, 0.2) is 112 Å². The molecule has 29 heteroatoms. The molecule has 0 amide bonds. The van der Waals surface area contributed by atoms with E-state index in [9.17, 15) is 45.0 Å². The Morgan fingerprint density at radius 3 is 1.47 bits per heavy atom. The van der Waals surface area contributed by atoms with Crippen LogP contribution in [0, 0.1) is 23.7 Å². The van der Waals surface area contributed by atoms with Gasteiger partial charge in [-0.25, -0.2) is 9.79 Å². The first-order valence-corrected chi connectivity index (χ1v) is 43.2. The number of benzene rings is 2. The third kappa shape index (κ3) is 23.0. The highest BCUT2D eigenvalue weighted by Crippen LogP contribution is 2.46. The number of nitrogens with two attached hydrogens (primary N) is 3. The van der Waals surface area contributed by atoms with E-state index < -0.39 is 118 Å². The van der Waals surface area contributed by atoms with Gasteiger partial charge in [0, 0.05) is 37.6 Å². The summed E-state index contributed by atoms with van der Waals surface area (Å²) in [4.78, 5) is 59.3. The first kappa shape index (κ1) is 81.4. The molecule has 2 aromatic carbocycles. The van der Waals surface area contributed by atoms with Crippen molar-refractivity contribution in [2.45, 2.75) is 158 Å². The molecule has 2 aromatic heterocycles. The molecule has 1 aliphatic carbocycles. The Bertz CT molecular complexity index is 3940. The minimum absolute atomic E-state index is 0.0756. The first-order valence-electron chi connectivity index (χ1n) is 34.1. The van der Waals surface area contributed by atoms with Gasteiger partial charge in [0.2, 0.25) is 11.2 Å². The molecule has 9 rings (SSSR count). The van der Waals surface area contributed by atoms with Crippen molar-refractivity contribution in [2.75, 3.05) is 89.6 Å². The summed E-state index contributed by atoms with van der Waals surface area (Å²) in [5, 5.41) is 72.1. The molecule has 3 fully saturated rings. The van der Waals surface area contributed by atoms with E-state index in [-0.39, 0.29) is 41.5 Å². The van der Waals surface area contributed by atoms with Crippen molar-refractivity contribution in [3.63, 3.8) is 0 Å². The van der Waals surface area contributed by atoms with Crippen LogP contribution in [0.5, 0.6) is 0 Å². The molecule has 26 nitrogen and oxygen atoms in total. The van der Waals surface area contributed by atoms with Crippen LogP contribution in [-0.4, -0.2) is 242 Å². The Morgan fingerprint density at radius 1 is 0.624 bits per heavy atom. The highest BCUT2D eigenvalue weighted by molar-refractivity contribution is 7.72. The van der Waals surface area contributed by atoms with Crippen molar-refractivity contribution in [1.82, 2.24) is 24.0 Å². The van der Waals surface area contributed by atoms with Crippen molar-refractivity contribution < 1.29 is 73.8 Å². The van der Waals surface area contributed by atoms with E-state index in [4.69, 9.17) is 46.0 Å². The molecule has 2 unspecified atom stereocenters. The van der Waals surface area contributed by atoms with Gasteiger partial charge in [0.05, 0.1) is 35.7 Å². The number of carboxylic acid groups (broad SMARTS) is 1. The predicted molar refractivity (Wildman–Crippen MR) is 402 cm³/mol. The van der Waals surface area contributed by atoms with Crippen LogP contribution < -0.4 is 28.4 Å². The summed E-state index contributed by atoms with van der Waals surface area (Å²) in [5.41, 5.74) is 23.1. The summed E-state index contributed by atoms with van der Waals surface area (Å²) in [5.74, 6) is 4.34. The number of carbonyl (C=O) groups is 3. The van der Waals surface area contributed by atoms with Crippen molar-refractivity contribution in [3.05, 3.63) is 120 Å². The standard InChI is InChI=1S/C35H45N4O7P.C20H35N4O5P.C17H26N3O3P/c1-22(33(42)46-35(43)44-21-27-25-14-7-5-12-23(25)24-13-6-8-15-26(24)27)11-9-10-18-37-34-38-29(36)16-19-39(34)32-31(41)30(40)28(45-32)17-20-47(2,3)4;1-13(19(27)28)7-5-6-10-22-20-23-15(21)8-11-24(20)18-17(26)16(25)14(29-18)9-12-30(2,3)4;1-6-7-12-10-20(11(2)19-16(12)18)17-15(22)14(21)13(23-17)8-9-24(3,4)5/h5-8,12-16,19,22,27-28,30-32,40-41H,2,9-11,17-18,20-21H2,1,3-4H3,(H2,36,37,38);8,11,13-14,16-18,25-26H,2,5-7,9-10,12H2,1,3-4H3,(H,27,28)(H2,21,22,23);10,13-15,17,21-22H,2-3,8-9H2,1,4-5H3,(H2,18,19)/t22?,28-,30-,31-,32-;13?,14-,16-,17-,18-;13-,14-,15-,17-/m111/s1. The number of aliphatic hydroxyl groups is 6. The van der Waals surface area contributed by atoms with Crippen LogP contribution in [0.2, 0.25) is 0 Å². The Labute approximate surface area is 593 Å². The minimum atomic E-state index is -1.32. The number of unbranched alkanes of at least 4 members (excludes halogenated alkanes) is 2. The molecule has 5 aliphatic rings. The van der Waals surface area contributed by atoms with Gasteiger partial charge in [-0.15, -0.1) is 45.5 Å². The third-order valence-electron chi connectivity index (χ3n) is 17.9. The van der Waals surface area contributed by atoms with E-state index >= 15 is 0 Å². The number of esters is 1. The fourth-order valence-corrected chi connectivity index (χ4v) is 14.9. The van der Waals surface area contributed by atoms with Crippen LogP contribution in [0.25, 0.3) is 11.1 Å². The van der Waals surface area contributed by atoms with Crippen molar-refractivity contribution in [3.8, 4) is 23.0 Å². The van der Waals surface area contributed by atoms with Gasteiger partial charge in [0.25, 0.3) is 0 Å². The normalized spacial score (nSPS) is 25.1. The zero-order valence-corrected chi connectivity index (χ0v) is 62.3. The molecule has 4 aliphatic heterocycles. The number of nitrogen functional groups attached to an aromatic ring is 2. The molecular formula is C72H106N11O15P3. The number of aromatic nitrogens is 4. The van der Waals surface area contributed by atoms with Gasteiger partial charge in [-0.3, -0.25) is 28.7 Å². The predicted octanol–water partition coefficient (Wildman–Crippen LogP) is 5.94. The van der Waals surface area contributed by atoms with E-state index in [2.05, 4.69) is 114 Å². The van der Waals surface area contributed by atoms with Gasteiger partial charge in [-0.05, 0) is 145 Å². The molecular weight excluding hydrogens is 1350 g/mol. The topological polar surface area (TPSA) is 393 Å². The number of fused-ring (bicyclic) bond motifs is 3. The lowest BCUT2D eigenvalue weighted by atomic mass is 9.98. The second-order valence-electron chi connectivity index (χ2n) is 28.4. The summed E-state index contributed by atoms with van der Waals surface area (Å²) in [6.45, 7) is 18.7. The summed E-state index contributed by atoms with van der Waals surface area (Å²) in [7, 11) is 0. The molecule has 554 valence electrons. The van der Waals surface area contributed by atoms with Crippen molar-refractivity contribution in [2.24, 2.45) is 32.5 Å². The summed E-state index contributed by atoms with van der Waals surface area (Å²) in [6.07, 6.45) is 14.4. The fourth-order valence-electron chi connectivity index (χ4n) is 12.0. The third-order valence-corrected chi connectivity index (χ3v) is 22.3. The van der Waals surface area contributed by atoms with Crippen molar-refractivity contribution in [1.29, 1.82) is 0 Å². The molecule has 0 bridgehead atoms. The number of hydrogen-bond acceptors (Lipinski definition) is 23. The van der Waals surface area contributed by atoms with E-state index in [0.29, 0.717) is 81.5 Å². The maximum Gasteiger partial charge on any atom is 0.516 e. The number of anilines is 2. The minimum Gasteiger partial charge on any atom is -0.481 e. The molecule has 101 heavy (non-hydrogen) atoms. The van der Waals surface area contributed by atoms with E-state index in [1.165, 1.54) is 0 Å². The van der Waals surface area contributed by atoms with Crippen LogP contribution in [0.1, 0.15) is 108 Å². The number of aliphatic hydroxyl groups excluding tert-OH is 6. The molecule has 0 saturated carbocycles. The smallest absolute Gasteiger partial charge is 0.481 e. The highest BCUT2D eigenvalue weighted by Gasteiger charge is 2.47. The Balaban J connectivity index is 0.000000228. The molecule has 0 spiro atoms. The monoisotopic (exact) mass is 1460 g/mol. The van der Waals surface area contributed by atoms with Gasteiger partial charge in [-0.1, -0.05) is 87.7 Å². The zero-order chi connectivity index (χ0) is 74.3. The summed E-state index contributed by atoms with van der Waals surface area (Å²) < 4.78 is 31.5. The molecule has 0 radical (unpaired) electrons. The Hall–Kier alpha value is -6.94. The number of hydrogen-bond donors (Lipinski definition) is 10. The molecule has 14 atom stereocenters. The number of aliphatic imine (C=N–C) groups is 1. The largest absolute Gasteiger partial charge is 0.516 e. The van der Waals surface area contributed by atoms with Crippen LogP contribution in [-0.2, 0) is 33.3 Å². The zero-order valence-electron chi connectivity index (χ0n) is 59.6. The van der Waals surface area contributed by atoms with Crippen LogP contribution in [0.4, 0.5) is 16.4 Å². The Kier molecular flexibility index (Phi) is 29.4. The maximum absolute atomic E-state index is 12.6. The van der Waals surface area contributed by atoms with Crippen LogP contribution >= 0.6 is 20.7 Å². The maximum atomic E-state index is 12.6. The molecule has 13 N–H and O–H groups in total. The number of rotatable bonds is 26. The lowest BCUT2D eigenvalue weighted by Gasteiger charge is -2.31. The van der Waals surface area contributed by atoms with Gasteiger partial charge >= 0.3 is 18.1 Å². The van der Waals surface area contributed by atoms with Gasteiger partial charge < -0.3 is 81.5 Å². The lowest BCUT2D eigenvalue weighted by Crippen LogP contribution is -2.42. The number of aliphatic carboxylic acids is 1. The second-order valence-corrected chi connectivity index (χ2v) is 41.4. The highest BCUT2D eigenvalue weighted by atomic mass is 31.2. The van der Waals surface area contributed by atoms with Crippen molar-refractivity contribution >= 4 is 75.1 Å². The molecule has 4 aromatic rings. The van der Waals surface area contributed by atoms with Crippen LogP contribution in [0.3, 0.4) is 0 Å². The Morgan fingerprint density at radius 2 is 1.04 bits per heavy atom. The average molecular weight is 1460 g/mol. The number of carbonyl (C=O) groups excluding carboxylic acids is 2. The number of carboxylic acids is 1. The number of ether oxygens (including phenoxy) is 5. The van der Waals surface area contributed by atoms with E-state index in [0.717, 1.165) is 47.2 Å². The van der Waals surface area contributed by atoms with Gasteiger partial charge in [0.1, 0.15) is 66.5 Å². The number of nitrogens with zero attached hydrogens (tertiary/aromatic N) is 8. The molecule has 6 heterocycles. The first-order chi connectivity index (χ1) is 47.6. The van der Waals surface area contributed by atoms with E-state index in [1.807, 2.05) is 36.4 Å². The summed E-state index contributed by atoms with van der Waals surface area (Å²) >= 11 is 0. The number of amidine groups is 1. The lowest BCUT2D eigenvalue weighted by molar-refractivity contribution is -0.144. The molecule has 3 saturated heterocycles. The van der Waals surface area contributed by atoms with Gasteiger partial charge in [-0.2, -0.15) is 9.97 Å². The summed E-state index contributed by atoms with van der Waals surface area (Å²) in [6, 6.07) is 19.2. The second kappa shape index (κ2) is 36.5.